The Balaban J connectivity index is 1.72. The van der Waals surface area contributed by atoms with Crippen LogP contribution in [0.5, 0.6) is 0 Å². The van der Waals surface area contributed by atoms with Crippen LogP contribution in [0.2, 0.25) is 0 Å². The van der Waals surface area contributed by atoms with E-state index in [2.05, 4.69) is 27.3 Å². The molecule has 1 aliphatic rings. The average Bonchev–Trinajstić information content (AvgIpc) is 3.15. The van der Waals surface area contributed by atoms with Gasteiger partial charge in [-0.15, -0.1) is 0 Å². The lowest BCUT2D eigenvalue weighted by Crippen LogP contribution is -2.38. The molecule has 4 heteroatoms. The third-order valence-corrected chi connectivity index (χ3v) is 4.74. The van der Waals surface area contributed by atoms with Gasteiger partial charge in [-0.2, -0.15) is 0 Å². The summed E-state index contributed by atoms with van der Waals surface area (Å²) in [4.78, 5) is 19.3. The topological polar surface area (TPSA) is 45.2 Å². The van der Waals surface area contributed by atoms with E-state index in [0.717, 1.165) is 30.8 Å². The van der Waals surface area contributed by atoms with Crippen LogP contribution in [0.1, 0.15) is 42.9 Å². The molecule has 1 aromatic heterocycles. The maximum absolute atomic E-state index is 12.7. The second-order valence-corrected chi connectivity index (χ2v) is 6.49. The van der Waals surface area contributed by atoms with Gasteiger partial charge in [0.15, 0.2) is 0 Å². The highest BCUT2D eigenvalue weighted by Gasteiger charge is 2.23. The molecule has 0 bridgehead atoms. The van der Waals surface area contributed by atoms with Crippen LogP contribution in [0.3, 0.4) is 0 Å². The first kappa shape index (κ1) is 16.7. The smallest absolute Gasteiger partial charge is 0.227 e. The van der Waals surface area contributed by atoms with Crippen molar-refractivity contribution in [3.63, 3.8) is 0 Å². The fraction of sp³-hybridized carbons (Fsp3) is 0.400. The summed E-state index contributed by atoms with van der Waals surface area (Å²) in [7, 11) is 0. The van der Waals surface area contributed by atoms with Crippen LogP contribution in [0.4, 0.5) is 0 Å². The number of nitrogens with zero attached hydrogens (tertiary/aromatic N) is 2. The normalized spacial score (nSPS) is 17.4. The molecule has 3 rings (SSSR count). The second-order valence-electron chi connectivity index (χ2n) is 6.49. The molecule has 0 radical (unpaired) electrons. The molecule has 1 saturated heterocycles. The fourth-order valence-corrected chi connectivity index (χ4v) is 3.22. The molecular weight excluding hydrogens is 298 g/mol. The average molecular weight is 323 g/mol. The minimum absolute atomic E-state index is 0.0240. The molecule has 2 unspecified atom stereocenters. The van der Waals surface area contributed by atoms with Crippen molar-refractivity contribution in [2.75, 3.05) is 19.6 Å². The Hall–Kier alpha value is -2.20. The Morgan fingerprint density at radius 1 is 1.12 bits per heavy atom. The van der Waals surface area contributed by atoms with Crippen molar-refractivity contribution >= 4 is 5.91 Å². The maximum Gasteiger partial charge on any atom is 0.227 e. The van der Waals surface area contributed by atoms with Gasteiger partial charge in [-0.1, -0.05) is 36.4 Å². The van der Waals surface area contributed by atoms with Crippen LogP contribution in [-0.2, 0) is 4.79 Å². The summed E-state index contributed by atoms with van der Waals surface area (Å²) in [6.07, 6.45) is 6.00. The summed E-state index contributed by atoms with van der Waals surface area (Å²) < 4.78 is 0. The van der Waals surface area contributed by atoms with E-state index in [9.17, 15) is 4.79 Å². The van der Waals surface area contributed by atoms with Crippen molar-refractivity contribution < 1.29 is 4.79 Å². The second kappa shape index (κ2) is 8.06. The van der Waals surface area contributed by atoms with Crippen molar-refractivity contribution in [2.45, 2.75) is 31.7 Å². The van der Waals surface area contributed by atoms with Gasteiger partial charge in [-0.05, 0) is 50.0 Å². The Labute approximate surface area is 143 Å². The molecule has 2 aromatic rings. The standard InChI is InChI=1S/C20H25N3O/c1-16(18-10-7-11-21-14-18)20(24)22-19(15-23-12-5-6-13-23)17-8-3-2-4-9-17/h2-4,7-11,14,16,19H,5-6,12-13,15H2,1H3,(H,22,24). The Morgan fingerprint density at radius 3 is 2.50 bits per heavy atom. The minimum atomic E-state index is -0.205. The largest absolute Gasteiger partial charge is 0.347 e. The molecule has 0 aliphatic carbocycles. The lowest BCUT2D eigenvalue weighted by Gasteiger charge is -2.26. The van der Waals surface area contributed by atoms with E-state index < -0.39 is 0 Å². The third-order valence-electron chi connectivity index (χ3n) is 4.74. The van der Waals surface area contributed by atoms with E-state index in [1.807, 2.05) is 37.3 Å². The highest BCUT2D eigenvalue weighted by Crippen LogP contribution is 2.20. The van der Waals surface area contributed by atoms with Crippen molar-refractivity contribution in [3.8, 4) is 0 Å². The number of nitrogens with one attached hydrogen (secondary N) is 1. The van der Waals surface area contributed by atoms with Crippen LogP contribution in [-0.4, -0.2) is 35.4 Å². The van der Waals surface area contributed by atoms with Crippen molar-refractivity contribution in [3.05, 3.63) is 66.0 Å². The number of rotatable bonds is 6. The van der Waals surface area contributed by atoms with Crippen molar-refractivity contribution in [1.29, 1.82) is 0 Å². The number of hydrogen-bond donors (Lipinski definition) is 1. The monoisotopic (exact) mass is 323 g/mol. The highest BCUT2D eigenvalue weighted by molar-refractivity contribution is 5.83. The van der Waals surface area contributed by atoms with Crippen LogP contribution in [0, 0.1) is 0 Å². The lowest BCUT2D eigenvalue weighted by molar-refractivity contribution is -0.123. The van der Waals surface area contributed by atoms with Gasteiger partial charge in [-0.25, -0.2) is 0 Å². The van der Waals surface area contributed by atoms with Gasteiger partial charge < -0.3 is 10.2 Å². The van der Waals surface area contributed by atoms with Crippen LogP contribution in [0.15, 0.2) is 54.9 Å². The molecule has 24 heavy (non-hydrogen) atoms. The molecular formula is C20H25N3O. The number of pyridine rings is 1. The Bertz CT molecular complexity index is 638. The molecule has 1 fully saturated rings. The Morgan fingerprint density at radius 2 is 1.83 bits per heavy atom. The van der Waals surface area contributed by atoms with Gasteiger partial charge in [-0.3, -0.25) is 9.78 Å². The zero-order valence-electron chi connectivity index (χ0n) is 14.2. The molecule has 126 valence electrons. The van der Waals surface area contributed by atoms with E-state index >= 15 is 0 Å². The highest BCUT2D eigenvalue weighted by atomic mass is 16.1. The molecule has 1 aromatic carbocycles. The van der Waals surface area contributed by atoms with Crippen LogP contribution < -0.4 is 5.32 Å². The number of carbonyl (C=O) groups is 1. The summed E-state index contributed by atoms with van der Waals surface area (Å²) in [5, 5.41) is 3.25. The first-order valence-electron chi connectivity index (χ1n) is 8.71. The van der Waals surface area contributed by atoms with Gasteiger partial charge in [0.25, 0.3) is 0 Å². The molecule has 2 atom stereocenters. The number of carbonyl (C=O) groups excluding carboxylic acids is 1. The van der Waals surface area contributed by atoms with Gasteiger partial charge in [0, 0.05) is 18.9 Å². The van der Waals surface area contributed by atoms with E-state index in [4.69, 9.17) is 0 Å². The van der Waals surface area contributed by atoms with E-state index in [0.29, 0.717) is 0 Å². The first-order valence-corrected chi connectivity index (χ1v) is 8.71. The number of aromatic nitrogens is 1. The van der Waals surface area contributed by atoms with E-state index in [-0.39, 0.29) is 17.9 Å². The number of likely N-dealkylation sites (tertiary alicyclic amines) is 1. The van der Waals surface area contributed by atoms with Crippen LogP contribution in [0.25, 0.3) is 0 Å². The van der Waals surface area contributed by atoms with Gasteiger partial charge in [0.2, 0.25) is 5.91 Å². The molecule has 2 heterocycles. The maximum atomic E-state index is 12.7. The summed E-state index contributed by atoms with van der Waals surface area (Å²) in [6.45, 7) is 5.05. The molecule has 1 N–H and O–H groups in total. The minimum Gasteiger partial charge on any atom is -0.347 e. The summed E-state index contributed by atoms with van der Waals surface area (Å²) in [6, 6.07) is 14.1. The number of benzene rings is 1. The zero-order chi connectivity index (χ0) is 16.8. The van der Waals surface area contributed by atoms with Gasteiger partial charge in [0.1, 0.15) is 0 Å². The van der Waals surface area contributed by atoms with Gasteiger partial charge in [0.05, 0.1) is 12.0 Å². The quantitative estimate of drug-likeness (QED) is 0.888. The van der Waals surface area contributed by atoms with Crippen molar-refractivity contribution in [1.82, 2.24) is 15.2 Å². The molecule has 1 aliphatic heterocycles. The van der Waals surface area contributed by atoms with Crippen LogP contribution >= 0.6 is 0 Å². The zero-order valence-corrected chi connectivity index (χ0v) is 14.2. The molecule has 1 amide bonds. The predicted octanol–water partition coefficient (Wildman–Crippen LogP) is 3.14. The molecule has 0 spiro atoms. The van der Waals surface area contributed by atoms with Gasteiger partial charge >= 0.3 is 0 Å². The Kier molecular flexibility index (Phi) is 5.59. The predicted molar refractivity (Wildman–Crippen MR) is 95.7 cm³/mol. The molecule has 0 saturated carbocycles. The fourth-order valence-electron chi connectivity index (χ4n) is 3.22. The molecule has 4 nitrogen and oxygen atoms in total. The third kappa shape index (κ3) is 4.20. The van der Waals surface area contributed by atoms with Crippen molar-refractivity contribution in [2.24, 2.45) is 0 Å². The number of hydrogen-bond acceptors (Lipinski definition) is 3. The summed E-state index contributed by atoms with van der Waals surface area (Å²) >= 11 is 0. The lowest BCUT2D eigenvalue weighted by atomic mass is 10.0. The number of amides is 1. The SMILES string of the molecule is CC(C(=O)NC(CN1CCCC1)c1ccccc1)c1cccnc1. The summed E-state index contributed by atoms with van der Waals surface area (Å²) in [5.74, 6) is -0.153. The van der Waals surface area contributed by atoms with E-state index in [1.54, 1.807) is 12.4 Å². The van der Waals surface area contributed by atoms with E-state index in [1.165, 1.54) is 12.8 Å². The summed E-state index contributed by atoms with van der Waals surface area (Å²) in [5.41, 5.74) is 2.11. The first-order chi connectivity index (χ1) is 11.7.